The Balaban J connectivity index is 1.56. The van der Waals surface area contributed by atoms with E-state index in [0.29, 0.717) is 40.4 Å². The molecule has 1 aromatic carbocycles. The molecule has 2 aliphatic rings. The van der Waals surface area contributed by atoms with Crippen molar-refractivity contribution in [3.8, 4) is 17.0 Å². The van der Waals surface area contributed by atoms with Gasteiger partial charge in [0.1, 0.15) is 5.75 Å². The first-order valence-corrected chi connectivity index (χ1v) is 9.03. The molecule has 0 saturated carbocycles. The molecule has 2 fully saturated rings. The highest BCUT2D eigenvalue weighted by molar-refractivity contribution is 6.08. The highest BCUT2D eigenvalue weighted by Crippen LogP contribution is 2.37. The number of nitrogens with one attached hydrogen (secondary N) is 2. The van der Waals surface area contributed by atoms with Crippen LogP contribution in [-0.4, -0.2) is 33.6 Å². The SMILES string of the molecule is N=C/C(=C\N)c1ccc(-c2ccc(C3C[C@H]4CC[C@@H](C3)N4)nn2)c(O)c1. The number of benzene rings is 1. The summed E-state index contributed by atoms with van der Waals surface area (Å²) in [6.07, 6.45) is 7.30. The molecule has 0 aliphatic carbocycles. The second-order valence-electron chi connectivity index (χ2n) is 7.15. The molecule has 2 bridgehead atoms. The third-order valence-corrected chi connectivity index (χ3v) is 5.52. The van der Waals surface area contributed by atoms with Crippen LogP contribution in [-0.2, 0) is 0 Å². The van der Waals surface area contributed by atoms with Crippen LogP contribution in [0, 0.1) is 5.41 Å². The Morgan fingerprint density at radius 1 is 1.15 bits per heavy atom. The monoisotopic (exact) mass is 349 g/mol. The molecule has 5 N–H and O–H groups in total. The van der Waals surface area contributed by atoms with Gasteiger partial charge in [0.15, 0.2) is 0 Å². The van der Waals surface area contributed by atoms with Gasteiger partial charge in [0.25, 0.3) is 0 Å². The van der Waals surface area contributed by atoms with Crippen molar-refractivity contribution in [2.45, 2.75) is 43.7 Å². The average molecular weight is 349 g/mol. The Bertz CT molecular complexity index is 834. The normalized spacial score (nSPS) is 25.2. The van der Waals surface area contributed by atoms with Gasteiger partial charge in [0.2, 0.25) is 0 Å². The highest BCUT2D eigenvalue weighted by Gasteiger charge is 2.34. The predicted molar refractivity (Wildman–Crippen MR) is 102 cm³/mol. The number of allylic oxidation sites excluding steroid dienone is 1. The number of phenols is 1. The fourth-order valence-corrected chi connectivity index (χ4v) is 4.16. The van der Waals surface area contributed by atoms with E-state index in [2.05, 4.69) is 15.5 Å². The zero-order valence-corrected chi connectivity index (χ0v) is 14.5. The second kappa shape index (κ2) is 6.88. The molecular weight excluding hydrogens is 326 g/mol. The van der Waals surface area contributed by atoms with E-state index in [4.69, 9.17) is 11.1 Å². The van der Waals surface area contributed by atoms with Crippen LogP contribution in [0.1, 0.15) is 42.9 Å². The van der Waals surface area contributed by atoms with Gasteiger partial charge < -0.3 is 21.6 Å². The molecule has 26 heavy (non-hydrogen) atoms. The minimum absolute atomic E-state index is 0.102. The van der Waals surface area contributed by atoms with Crippen LogP contribution in [0.25, 0.3) is 16.8 Å². The smallest absolute Gasteiger partial charge is 0.125 e. The van der Waals surface area contributed by atoms with E-state index in [1.807, 2.05) is 18.2 Å². The first-order valence-electron chi connectivity index (χ1n) is 9.03. The number of nitrogens with two attached hydrogens (primary N) is 1. The predicted octanol–water partition coefficient (Wildman–Crippen LogP) is 2.80. The summed E-state index contributed by atoms with van der Waals surface area (Å²) >= 11 is 0. The highest BCUT2D eigenvalue weighted by atomic mass is 16.3. The van der Waals surface area contributed by atoms with Crippen LogP contribution >= 0.6 is 0 Å². The number of fused-ring (bicyclic) bond motifs is 2. The van der Waals surface area contributed by atoms with Crippen molar-refractivity contribution in [2.75, 3.05) is 0 Å². The maximum Gasteiger partial charge on any atom is 0.125 e. The lowest BCUT2D eigenvalue weighted by Crippen LogP contribution is -2.37. The molecule has 1 unspecified atom stereocenters. The minimum Gasteiger partial charge on any atom is -0.507 e. The van der Waals surface area contributed by atoms with E-state index in [9.17, 15) is 5.11 Å². The Morgan fingerprint density at radius 2 is 1.92 bits per heavy atom. The molecular formula is C20H23N5O. The maximum atomic E-state index is 10.4. The third kappa shape index (κ3) is 3.08. The molecule has 3 heterocycles. The third-order valence-electron chi connectivity index (χ3n) is 5.52. The summed E-state index contributed by atoms with van der Waals surface area (Å²) in [5.41, 5.74) is 9.06. The van der Waals surface area contributed by atoms with Crippen LogP contribution in [0.2, 0.25) is 0 Å². The Kier molecular flexibility index (Phi) is 4.42. The molecule has 2 saturated heterocycles. The molecule has 6 nitrogen and oxygen atoms in total. The zero-order valence-electron chi connectivity index (χ0n) is 14.5. The number of hydrogen-bond acceptors (Lipinski definition) is 6. The molecule has 2 aromatic rings. The van der Waals surface area contributed by atoms with Gasteiger partial charge in [-0.3, -0.25) is 0 Å². The molecule has 0 amide bonds. The second-order valence-corrected chi connectivity index (χ2v) is 7.15. The molecule has 0 spiro atoms. The Morgan fingerprint density at radius 3 is 2.50 bits per heavy atom. The number of rotatable bonds is 4. The lowest BCUT2D eigenvalue weighted by molar-refractivity contribution is 0.357. The topological polar surface area (TPSA) is 108 Å². The summed E-state index contributed by atoms with van der Waals surface area (Å²) in [4.78, 5) is 0. The van der Waals surface area contributed by atoms with Crippen LogP contribution in [0.3, 0.4) is 0 Å². The average Bonchev–Trinajstić information content (AvgIpc) is 3.01. The van der Waals surface area contributed by atoms with Crippen molar-refractivity contribution in [1.82, 2.24) is 15.5 Å². The van der Waals surface area contributed by atoms with Crippen LogP contribution in [0.15, 0.2) is 36.5 Å². The Labute approximate surface area is 152 Å². The summed E-state index contributed by atoms with van der Waals surface area (Å²) in [6.45, 7) is 0. The van der Waals surface area contributed by atoms with Gasteiger partial charge in [-0.05, 0) is 55.5 Å². The number of hydrogen-bond donors (Lipinski definition) is 4. The largest absolute Gasteiger partial charge is 0.507 e. The van der Waals surface area contributed by atoms with Crippen molar-refractivity contribution in [3.63, 3.8) is 0 Å². The van der Waals surface area contributed by atoms with Gasteiger partial charge in [-0.2, -0.15) is 10.2 Å². The van der Waals surface area contributed by atoms with E-state index >= 15 is 0 Å². The van der Waals surface area contributed by atoms with E-state index in [-0.39, 0.29) is 5.75 Å². The molecule has 4 rings (SSSR count). The maximum absolute atomic E-state index is 10.4. The number of aromatic nitrogens is 2. The standard InChI is InChI=1S/C20H23N5O/c21-10-14(11-22)12-1-4-17(20(26)9-12)19-6-5-18(24-25-19)13-7-15-2-3-16(8-13)23-15/h1,4-6,9-11,13,15-16,21,23,26H,2-3,7-8,22H2/b14-11+,21-10?/t13?,15-,16+. The molecule has 6 heteroatoms. The number of phenolic OH excluding ortho intramolecular Hbond substituents is 1. The van der Waals surface area contributed by atoms with Crippen LogP contribution < -0.4 is 11.1 Å². The lowest BCUT2D eigenvalue weighted by Gasteiger charge is -2.28. The van der Waals surface area contributed by atoms with Gasteiger partial charge >= 0.3 is 0 Å². The fourth-order valence-electron chi connectivity index (χ4n) is 4.16. The van der Waals surface area contributed by atoms with Crippen molar-refractivity contribution in [2.24, 2.45) is 5.73 Å². The van der Waals surface area contributed by atoms with Crippen LogP contribution in [0.4, 0.5) is 0 Å². The van der Waals surface area contributed by atoms with Gasteiger partial charge in [0, 0.05) is 41.6 Å². The van der Waals surface area contributed by atoms with Crippen LogP contribution in [0.5, 0.6) is 5.75 Å². The summed E-state index contributed by atoms with van der Waals surface area (Å²) in [5.74, 6) is 0.571. The van der Waals surface area contributed by atoms with Gasteiger partial charge in [-0.25, -0.2) is 0 Å². The van der Waals surface area contributed by atoms with E-state index < -0.39 is 0 Å². The van der Waals surface area contributed by atoms with Gasteiger partial charge in [-0.15, -0.1) is 0 Å². The first kappa shape index (κ1) is 16.7. The Hall–Kier alpha value is -2.73. The number of nitrogens with zero attached hydrogens (tertiary/aromatic N) is 2. The van der Waals surface area contributed by atoms with E-state index in [1.165, 1.54) is 19.0 Å². The number of aromatic hydroxyl groups is 1. The van der Waals surface area contributed by atoms with Gasteiger partial charge in [0.05, 0.1) is 11.4 Å². The summed E-state index contributed by atoms with van der Waals surface area (Å²) in [7, 11) is 0. The molecule has 134 valence electrons. The van der Waals surface area contributed by atoms with E-state index in [0.717, 1.165) is 24.8 Å². The van der Waals surface area contributed by atoms with Crippen molar-refractivity contribution < 1.29 is 5.11 Å². The van der Waals surface area contributed by atoms with Crippen molar-refractivity contribution in [1.29, 1.82) is 5.41 Å². The summed E-state index contributed by atoms with van der Waals surface area (Å²) < 4.78 is 0. The number of piperidine rings is 1. The van der Waals surface area contributed by atoms with Gasteiger partial charge in [-0.1, -0.05) is 6.07 Å². The molecule has 1 aromatic heterocycles. The lowest BCUT2D eigenvalue weighted by atomic mass is 9.89. The van der Waals surface area contributed by atoms with Crippen molar-refractivity contribution in [3.05, 3.63) is 47.8 Å². The fraction of sp³-hybridized carbons (Fsp3) is 0.350. The minimum atomic E-state index is 0.102. The summed E-state index contributed by atoms with van der Waals surface area (Å²) in [5, 5.41) is 30.2. The summed E-state index contributed by atoms with van der Waals surface area (Å²) in [6, 6.07) is 10.4. The molecule has 0 radical (unpaired) electrons. The molecule has 3 atom stereocenters. The van der Waals surface area contributed by atoms with E-state index in [1.54, 1.807) is 12.1 Å². The first-order chi connectivity index (χ1) is 12.7. The molecule has 2 aliphatic heterocycles. The zero-order chi connectivity index (χ0) is 18.1. The van der Waals surface area contributed by atoms with Crippen molar-refractivity contribution >= 4 is 11.8 Å². The quantitative estimate of drug-likeness (QED) is 0.635.